The smallest absolute Gasteiger partial charge is 0.292 e. The second kappa shape index (κ2) is 6.65. The minimum atomic E-state index is -4.23. The van der Waals surface area contributed by atoms with Crippen LogP contribution in [0.4, 0.5) is 10.1 Å². The summed E-state index contributed by atoms with van der Waals surface area (Å²) in [6, 6.07) is 2.89. The Morgan fingerprint density at radius 1 is 1.33 bits per heavy atom. The predicted octanol–water partition coefficient (Wildman–Crippen LogP) is 1.27. The van der Waals surface area contributed by atoms with Crippen molar-refractivity contribution in [2.45, 2.75) is 23.8 Å². The molecular formula is C11H15ClFN3O4S. The zero-order valence-corrected chi connectivity index (χ0v) is 12.6. The zero-order valence-electron chi connectivity index (χ0n) is 10.9. The van der Waals surface area contributed by atoms with Crippen LogP contribution >= 0.6 is 12.4 Å². The van der Waals surface area contributed by atoms with E-state index in [2.05, 4.69) is 0 Å². The van der Waals surface area contributed by atoms with Gasteiger partial charge in [0.15, 0.2) is 4.90 Å². The first-order valence-corrected chi connectivity index (χ1v) is 7.46. The van der Waals surface area contributed by atoms with Gasteiger partial charge in [0.1, 0.15) is 5.82 Å². The second-order valence-corrected chi connectivity index (χ2v) is 6.46. The van der Waals surface area contributed by atoms with Gasteiger partial charge in [-0.3, -0.25) is 10.1 Å². The van der Waals surface area contributed by atoms with Gasteiger partial charge in [0.2, 0.25) is 0 Å². The summed E-state index contributed by atoms with van der Waals surface area (Å²) in [7, 11) is -4.23. The fourth-order valence-electron chi connectivity index (χ4n) is 2.14. The highest BCUT2D eigenvalue weighted by Crippen LogP contribution is 2.30. The van der Waals surface area contributed by atoms with Crippen molar-refractivity contribution in [3.05, 3.63) is 34.1 Å². The van der Waals surface area contributed by atoms with E-state index in [9.17, 15) is 22.9 Å². The van der Waals surface area contributed by atoms with Crippen molar-refractivity contribution >= 4 is 28.1 Å². The molecule has 10 heteroatoms. The Labute approximate surface area is 127 Å². The van der Waals surface area contributed by atoms with E-state index < -0.39 is 31.3 Å². The van der Waals surface area contributed by atoms with Crippen LogP contribution in [-0.4, -0.2) is 36.8 Å². The number of nitrogens with two attached hydrogens (primary N) is 1. The Balaban J connectivity index is 0.00000220. The molecule has 0 atom stereocenters. The average Bonchev–Trinajstić information content (AvgIpc) is 2.38. The summed E-state index contributed by atoms with van der Waals surface area (Å²) in [6.07, 6.45) is 0.892. The zero-order chi connectivity index (χ0) is 14.9. The Kier molecular flexibility index (Phi) is 5.62. The van der Waals surface area contributed by atoms with Crippen molar-refractivity contribution in [2.24, 2.45) is 5.73 Å². The lowest BCUT2D eigenvalue weighted by Crippen LogP contribution is -2.43. The third-order valence-corrected chi connectivity index (χ3v) is 5.20. The summed E-state index contributed by atoms with van der Waals surface area (Å²) < 4.78 is 39.6. The van der Waals surface area contributed by atoms with E-state index in [1.54, 1.807) is 0 Å². The van der Waals surface area contributed by atoms with Crippen LogP contribution in [0.5, 0.6) is 0 Å². The van der Waals surface area contributed by atoms with Crippen molar-refractivity contribution in [3.63, 3.8) is 0 Å². The van der Waals surface area contributed by atoms with E-state index in [4.69, 9.17) is 5.73 Å². The molecule has 2 rings (SSSR count). The summed E-state index contributed by atoms with van der Waals surface area (Å²) in [5, 5.41) is 10.9. The highest BCUT2D eigenvalue weighted by Gasteiger charge is 2.36. The molecule has 118 valence electrons. The van der Waals surface area contributed by atoms with Gasteiger partial charge >= 0.3 is 0 Å². The molecule has 0 spiro atoms. The van der Waals surface area contributed by atoms with Crippen LogP contribution in [0.2, 0.25) is 0 Å². The van der Waals surface area contributed by atoms with Gasteiger partial charge in [-0.05, 0) is 18.9 Å². The molecule has 0 bridgehead atoms. The number of hydrogen-bond acceptors (Lipinski definition) is 5. The monoisotopic (exact) mass is 339 g/mol. The number of sulfonamides is 1. The van der Waals surface area contributed by atoms with Crippen molar-refractivity contribution in [1.82, 2.24) is 4.31 Å². The number of hydrogen-bond donors (Lipinski definition) is 1. The second-order valence-electron chi connectivity index (χ2n) is 4.59. The Bertz CT molecular complexity index is 632. The fourth-order valence-corrected chi connectivity index (χ4v) is 3.81. The maximum atomic E-state index is 13.8. The van der Waals surface area contributed by atoms with Crippen LogP contribution in [0, 0.1) is 15.9 Å². The molecule has 0 radical (unpaired) electrons. The summed E-state index contributed by atoms with van der Waals surface area (Å²) in [5.41, 5.74) is 4.93. The molecule has 0 aromatic heterocycles. The maximum absolute atomic E-state index is 13.8. The van der Waals surface area contributed by atoms with E-state index in [1.165, 1.54) is 0 Å². The molecule has 1 aromatic carbocycles. The van der Waals surface area contributed by atoms with Gasteiger partial charge in [-0.1, -0.05) is 6.07 Å². The minimum absolute atomic E-state index is 0. The molecular weight excluding hydrogens is 325 g/mol. The van der Waals surface area contributed by atoms with E-state index in [0.717, 1.165) is 22.5 Å². The van der Waals surface area contributed by atoms with Gasteiger partial charge in [-0.2, -0.15) is 4.31 Å². The van der Waals surface area contributed by atoms with Crippen LogP contribution < -0.4 is 5.73 Å². The lowest BCUT2D eigenvalue weighted by molar-refractivity contribution is -0.388. The molecule has 0 amide bonds. The molecule has 0 unspecified atom stereocenters. The predicted molar refractivity (Wildman–Crippen MR) is 76.3 cm³/mol. The topological polar surface area (TPSA) is 107 Å². The molecule has 0 saturated carbocycles. The highest BCUT2D eigenvalue weighted by molar-refractivity contribution is 7.89. The molecule has 7 nitrogen and oxygen atoms in total. The molecule has 0 aliphatic carbocycles. The molecule has 1 fully saturated rings. The number of piperidine rings is 1. The quantitative estimate of drug-likeness (QED) is 0.659. The molecule has 2 N–H and O–H groups in total. The molecule has 1 aromatic rings. The first kappa shape index (κ1) is 17.8. The molecule has 1 heterocycles. The van der Waals surface area contributed by atoms with Gasteiger partial charge in [0, 0.05) is 25.2 Å². The van der Waals surface area contributed by atoms with Crippen LogP contribution in [0.3, 0.4) is 0 Å². The van der Waals surface area contributed by atoms with Crippen LogP contribution in [0.25, 0.3) is 0 Å². The fraction of sp³-hybridized carbons (Fsp3) is 0.455. The van der Waals surface area contributed by atoms with Crippen molar-refractivity contribution < 1.29 is 17.7 Å². The van der Waals surface area contributed by atoms with Gasteiger partial charge in [0.25, 0.3) is 15.7 Å². The van der Waals surface area contributed by atoms with Crippen molar-refractivity contribution in [3.8, 4) is 0 Å². The van der Waals surface area contributed by atoms with Gasteiger partial charge < -0.3 is 5.73 Å². The van der Waals surface area contributed by atoms with Crippen molar-refractivity contribution in [1.29, 1.82) is 0 Å². The molecule has 1 aliphatic heterocycles. The number of benzene rings is 1. The van der Waals surface area contributed by atoms with E-state index in [1.807, 2.05) is 0 Å². The lowest BCUT2D eigenvalue weighted by atomic mass is 10.1. The Hall–Kier alpha value is -1.29. The summed E-state index contributed by atoms with van der Waals surface area (Å²) in [5.74, 6) is -1.12. The number of rotatable bonds is 3. The molecule has 21 heavy (non-hydrogen) atoms. The van der Waals surface area contributed by atoms with Crippen LogP contribution in [0.15, 0.2) is 23.1 Å². The Morgan fingerprint density at radius 2 is 1.90 bits per heavy atom. The lowest BCUT2D eigenvalue weighted by Gasteiger charge is -2.29. The van der Waals surface area contributed by atoms with Gasteiger partial charge in [-0.15, -0.1) is 12.4 Å². The van der Waals surface area contributed by atoms with Gasteiger partial charge in [0.05, 0.1) is 4.92 Å². The largest absolute Gasteiger partial charge is 0.328 e. The first-order chi connectivity index (χ1) is 9.34. The standard InChI is InChI=1S/C11H14FN3O4S.ClH/c12-9-2-1-3-10(15(16)17)11(9)20(18,19)14-6-4-8(13)5-7-14;/h1-3,8H,4-7,13H2;1H. The average molecular weight is 340 g/mol. The number of nitrogens with zero attached hydrogens (tertiary/aromatic N) is 2. The summed E-state index contributed by atoms with van der Waals surface area (Å²) >= 11 is 0. The third kappa shape index (κ3) is 3.49. The minimum Gasteiger partial charge on any atom is -0.328 e. The summed E-state index contributed by atoms with van der Waals surface area (Å²) in [6.45, 7) is 0.268. The third-order valence-electron chi connectivity index (χ3n) is 3.24. The number of halogens is 2. The molecule has 1 aliphatic rings. The highest BCUT2D eigenvalue weighted by atomic mass is 35.5. The SMILES string of the molecule is Cl.NC1CCN(S(=O)(=O)c2c(F)cccc2[N+](=O)[O-])CC1. The van der Waals surface area contributed by atoms with Crippen LogP contribution in [0.1, 0.15) is 12.8 Å². The normalized spacial score (nSPS) is 17.2. The first-order valence-electron chi connectivity index (χ1n) is 6.02. The number of nitro benzene ring substituents is 1. The van der Waals surface area contributed by atoms with Gasteiger partial charge in [-0.25, -0.2) is 12.8 Å². The number of nitro groups is 1. The van der Waals surface area contributed by atoms with Crippen LogP contribution in [-0.2, 0) is 10.0 Å². The maximum Gasteiger partial charge on any atom is 0.292 e. The van der Waals surface area contributed by atoms with E-state index >= 15 is 0 Å². The van der Waals surface area contributed by atoms with E-state index in [0.29, 0.717) is 12.8 Å². The van der Waals surface area contributed by atoms with E-state index in [-0.39, 0.29) is 31.5 Å². The van der Waals surface area contributed by atoms with Crippen molar-refractivity contribution in [2.75, 3.05) is 13.1 Å². The summed E-state index contributed by atoms with van der Waals surface area (Å²) in [4.78, 5) is 9.12. The Morgan fingerprint density at radius 3 is 2.43 bits per heavy atom. The molecule has 1 saturated heterocycles.